The Bertz CT molecular complexity index is 358. The molecule has 0 amide bonds. The van der Waals surface area contributed by atoms with E-state index < -0.39 is 0 Å². The predicted molar refractivity (Wildman–Crippen MR) is 50.5 cm³/mol. The van der Waals surface area contributed by atoms with E-state index in [4.69, 9.17) is 0 Å². The molecule has 0 aliphatic rings. The molecule has 1 aromatic heterocycles. The Balaban J connectivity index is 0.000000605. The van der Waals surface area contributed by atoms with Crippen molar-refractivity contribution < 1.29 is 0 Å². The molecule has 1 aromatic carbocycles. The topological polar surface area (TPSA) is 28.7 Å². The van der Waals surface area contributed by atoms with Crippen LogP contribution in [0.3, 0.4) is 0 Å². The quantitative estimate of drug-likeness (QED) is 0.456. The molecule has 0 aliphatic carbocycles. The van der Waals surface area contributed by atoms with E-state index >= 15 is 0 Å². The zero-order chi connectivity index (χ0) is 6.97. The maximum atomic E-state index is 4.26. The van der Waals surface area contributed by atoms with Gasteiger partial charge in [-0.2, -0.15) is 5.10 Å². The summed E-state index contributed by atoms with van der Waals surface area (Å²) in [7, 11) is 0. The molecule has 4 heteroatoms. The Morgan fingerprint density at radius 3 is 2.91 bits per heavy atom. The first-order valence-corrected chi connectivity index (χ1v) is 3.44. The van der Waals surface area contributed by atoms with Gasteiger partial charge >= 0.3 is 29.6 Å². The fourth-order valence-electron chi connectivity index (χ4n) is 0.953. The summed E-state index contributed by atoms with van der Waals surface area (Å²) in [4.78, 5) is 0.964. The minimum atomic E-state index is 0. The second-order valence-electron chi connectivity index (χ2n) is 2.11. The summed E-state index contributed by atoms with van der Waals surface area (Å²) in [5.74, 6) is 0. The Labute approximate surface area is 92.1 Å². The maximum absolute atomic E-state index is 4.26. The van der Waals surface area contributed by atoms with Crippen molar-refractivity contribution >= 4 is 53.1 Å². The van der Waals surface area contributed by atoms with Gasteiger partial charge in [0.15, 0.2) is 0 Å². The van der Waals surface area contributed by atoms with Gasteiger partial charge in [-0.3, -0.25) is 5.10 Å². The van der Waals surface area contributed by atoms with Crippen molar-refractivity contribution in [2.24, 2.45) is 0 Å². The fraction of sp³-hybridized carbons (Fsp3) is 0. The van der Waals surface area contributed by atoms with Gasteiger partial charge < -0.3 is 0 Å². The Morgan fingerprint density at radius 1 is 1.36 bits per heavy atom. The van der Waals surface area contributed by atoms with Gasteiger partial charge in [-0.25, -0.2) is 0 Å². The average Bonchev–Trinajstić information content (AvgIpc) is 2.36. The number of rotatable bonds is 0. The van der Waals surface area contributed by atoms with E-state index in [9.17, 15) is 0 Å². The number of aromatic nitrogens is 2. The van der Waals surface area contributed by atoms with Crippen LogP contribution in [0.2, 0.25) is 0 Å². The van der Waals surface area contributed by atoms with Gasteiger partial charge in [0, 0.05) is 10.3 Å². The third-order valence-corrected chi connectivity index (χ3v) is 1.85. The number of hydrogen-bond acceptors (Lipinski definition) is 2. The Hall–Kier alpha value is 0.0400. The van der Waals surface area contributed by atoms with Crippen molar-refractivity contribution in [2.75, 3.05) is 0 Å². The summed E-state index contributed by atoms with van der Waals surface area (Å²) < 4.78 is 0. The van der Waals surface area contributed by atoms with E-state index in [1.807, 2.05) is 18.2 Å². The first-order valence-electron chi connectivity index (χ1n) is 2.99. The van der Waals surface area contributed by atoms with Gasteiger partial charge in [-0.1, -0.05) is 6.07 Å². The normalized spacial score (nSPS) is 9.55. The Kier molecular flexibility index (Phi) is 3.01. The van der Waals surface area contributed by atoms with Crippen LogP contribution in [0.1, 0.15) is 0 Å². The molecule has 0 atom stereocenters. The van der Waals surface area contributed by atoms with Crippen LogP contribution in [0.4, 0.5) is 0 Å². The molecule has 1 heterocycles. The average molecular weight is 174 g/mol. The van der Waals surface area contributed by atoms with Gasteiger partial charge in [0.05, 0.1) is 11.7 Å². The molecule has 0 bridgehead atoms. The van der Waals surface area contributed by atoms with Crippen molar-refractivity contribution in [3.8, 4) is 0 Å². The van der Waals surface area contributed by atoms with Crippen molar-refractivity contribution in [3.63, 3.8) is 0 Å². The van der Waals surface area contributed by atoms with Gasteiger partial charge in [-0.05, 0) is 12.1 Å². The van der Waals surface area contributed by atoms with Crippen molar-refractivity contribution in [1.82, 2.24) is 10.2 Å². The standard InChI is InChI=1S/C7H6N2S.Na.H/c10-7-3-1-2-6-5(7)4-8-9-6;;/h1-4,10H,(H,8,9);;. The van der Waals surface area contributed by atoms with Gasteiger partial charge in [0.25, 0.3) is 0 Å². The molecule has 0 saturated heterocycles. The summed E-state index contributed by atoms with van der Waals surface area (Å²) >= 11 is 4.26. The number of H-pyrrole nitrogens is 1. The summed E-state index contributed by atoms with van der Waals surface area (Å²) in [6, 6.07) is 5.87. The fourth-order valence-corrected chi connectivity index (χ4v) is 1.22. The van der Waals surface area contributed by atoms with Crippen LogP contribution < -0.4 is 0 Å². The van der Waals surface area contributed by atoms with E-state index in [0.29, 0.717) is 0 Å². The molecule has 0 spiro atoms. The molecule has 11 heavy (non-hydrogen) atoms. The first-order chi connectivity index (χ1) is 4.88. The van der Waals surface area contributed by atoms with Crippen molar-refractivity contribution in [3.05, 3.63) is 24.4 Å². The SMILES string of the molecule is Sc1cccc2[nH]ncc12.[NaH]. The third-order valence-electron chi connectivity index (χ3n) is 1.46. The number of benzene rings is 1. The zero-order valence-corrected chi connectivity index (χ0v) is 6.10. The molecule has 2 nitrogen and oxygen atoms in total. The van der Waals surface area contributed by atoms with E-state index in [0.717, 1.165) is 15.8 Å². The van der Waals surface area contributed by atoms with Crippen molar-refractivity contribution in [2.45, 2.75) is 4.90 Å². The molecule has 2 aromatic rings. The van der Waals surface area contributed by atoms with E-state index in [1.165, 1.54) is 0 Å². The molecular weight excluding hydrogens is 167 g/mol. The van der Waals surface area contributed by atoms with E-state index in [2.05, 4.69) is 22.8 Å². The number of nitrogens with zero attached hydrogens (tertiary/aromatic N) is 1. The summed E-state index contributed by atoms with van der Waals surface area (Å²) in [6.07, 6.45) is 1.78. The van der Waals surface area contributed by atoms with Crippen LogP contribution >= 0.6 is 12.6 Å². The zero-order valence-electron chi connectivity index (χ0n) is 5.20. The molecule has 1 N–H and O–H groups in total. The summed E-state index contributed by atoms with van der Waals surface area (Å²) in [5, 5.41) is 7.82. The van der Waals surface area contributed by atoms with Crippen LogP contribution in [-0.4, -0.2) is 39.8 Å². The number of thiol groups is 1. The molecular formula is C7H7N2NaS. The van der Waals surface area contributed by atoms with Crippen LogP contribution in [0.25, 0.3) is 10.9 Å². The molecule has 0 fully saturated rings. The van der Waals surface area contributed by atoms with Crippen LogP contribution in [0, 0.1) is 0 Å². The number of fused-ring (bicyclic) bond motifs is 1. The van der Waals surface area contributed by atoms with Gasteiger partial charge in [0.1, 0.15) is 0 Å². The minimum absolute atomic E-state index is 0. The number of nitrogens with one attached hydrogen (secondary N) is 1. The van der Waals surface area contributed by atoms with Gasteiger partial charge in [-0.15, -0.1) is 12.6 Å². The number of hydrogen-bond donors (Lipinski definition) is 2. The van der Waals surface area contributed by atoms with Crippen LogP contribution in [-0.2, 0) is 0 Å². The molecule has 52 valence electrons. The van der Waals surface area contributed by atoms with Crippen molar-refractivity contribution in [1.29, 1.82) is 0 Å². The molecule has 0 aliphatic heterocycles. The number of aromatic amines is 1. The van der Waals surface area contributed by atoms with Crippen LogP contribution in [0.15, 0.2) is 29.3 Å². The molecule has 0 radical (unpaired) electrons. The predicted octanol–water partition coefficient (Wildman–Crippen LogP) is 1.20. The molecule has 0 unspecified atom stereocenters. The third kappa shape index (κ3) is 1.62. The van der Waals surface area contributed by atoms with E-state index in [-0.39, 0.29) is 29.6 Å². The molecule has 2 rings (SSSR count). The second-order valence-corrected chi connectivity index (χ2v) is 2.59. The first kappa shape index (κ1) is 9.13. The van der Waals surface area contributed by atoms with Crippen LogP contribution in [0.5, 0.6) is 0 Å². The summed E-state index contributed by atoms with van der Waals surface area (Å²) in [5.41, 5.74) is 1.03. The van der Waals surface area contributed by atoms with E-state index in [1.54, 1.807) is 6.20 Å². The Morgan fingerprint density at radius 2 is 2.18 bits per heavy atom. The summed E-state index contributed by atoms with van der Waals surface area (Å²) in [6.45, 7) is 0. The van der Waals surface area contributed by atoms with Gasteiger partial charge in [0.2, 0.25) is 0 Å². The second kappa shape index (κ2) is 3.63. The monoisotopic (exact) mass is 174 g/mol. The molecule has 0 saturated carbocycles.